The van der Waals surface area contributed by atoms with Gasteiger partial charge in [-0.3, -0.25) is 4.79 Å². The lowest BCUT2D eigenvalue weighted by Crippen LogP contribution is -2.47. The van der Waals surface area contributed by atoms with Crippen LogP contribution in [0, 0.1) is 5.92 Å². The summed E-state index contributed by atoms with van der Waals surface area (Å²) in [5.41, 5.74) is 3.02. The molecule has 0 spiro atoms. The Balaban J connectivity index is 2.10. The summed E-state index contributed by atoms with van der Waals surface area (Å²) in [5, 5.41) is 0.785. The Kier molecular flexibility index (Phi) is 2.99. The predicted molar refractivity (Wildman–Crippen MR) is 93.1 cm³/mol. The molecule has 2 aliphatic rings. The molecule has 0 saturated carbocycles. The lowest BCUT2D eigenvalue weighted by molar-refractivity contribution is 0.00354. The van der Waals surface area contributed by atoms with Crippen molar-refractivity contribution in [3.8, 4) is 5.88 Å². The van der Waals surface area contributed by atoms with Crippen LogP contribution in [0.25, 0.3) is 10.9 Å². The average molecular weight is 309 g/mol. The van der Waals surface area contributed by atoms with E-state index in [4.69, 9.17) is 4.74 Å². The van der Waals surface area contributed by atoms with Gasteiger partial charge in [-0.25, -0.2) is 0 Å². The lowest BCUT2D eigenvalue weighted by atomic mass is 9.68. The number of hydrogen-bond donors (Lipinski definition) is 0. The fraction of sp³-hybridized carbons (Fsp3) is 0.450. The third-order valence-corrected chi connectivity index (χ3v) is 5.62. The van der Waals surface area contributed by atoms with Gasteiger partial charge in [0.15, 0.2) is 5.43 Å². The molecule has 0 N–H and O–H groups in total. The van der Waals surface area contributed by atoms with E-state index in [9.17, 15) is 4.79 Å². The van der Waals surface area contributed by atoms with Crippen LogP contribution in [0.3, 0.4) is 0 Å². The highest BCUT2D eigenvalue weighted by molar-refractivity contribution is 5.81. The number of para-hydroxylation sites is 1. The monoisotopic (exact) mass is 309 g/mol. The van der Waals surface area contributed by atoms with E-state index >= 15 is 0 Å². The van der Waals surface area contributed by atoms with Gasteiger partial charge in [-0.05, 0) is 45.7 Å². The number of fused-ring (bicyclic) bond motifs is 4. The topological polar surface area (TPSA) is 31.2 Å². The summed E-state index contributed by atoms with van der Waals surface area (Å²) in [6.07, 6.45) is 4.47. The van der Waals surface area contributed by atoms with Gasteiger partial charge in [0.2, 0.25) is 5.88 Å². The number of allylic oxidation sites excluding steroid dienone is 2. The number of aryl methyl sites for hydroxylation is 1. The number of ether oxygens (including phenoxy) is 1. The first-order valence-corrected chi connectivity index (χ1v) is 8.38. The van der Waals surface area contributed by atoms with Crippen LogP contribution in [-0.2, 0) is 7.05 Å². The summed E-state index contributed by atoms with van der Waals surface area (Å²) >= 11 is 0. The first-order chi connectivity index (χ1) is 10.9. The van der Waals surface area contributed by atoms with E-state index in [1.165, 1.54) is 5.57 Å². The van der Waals surface area contributed by atoms with E-state index < -0.39 is 0 Å². The zero-order valence-corrected chi connectivity index (χ0v) is 14.2. The van der Waals surface area contributed by atoms with Crippen molar-refractivity contribution in [3.63, 3.8) is 0 Å². The number of rotatable bonds is 0. The van der Waals surface area contributed by atoms with Gasteiger partial charge in [-0.15, -0.1) is 0 Å². The predicted octanol–water partition coefficient (Wildman–Crippen LogP) is 4.15. The van der Waals surface area contributed by atoms with Crippen molar-refractivity contribution in [3.05, 3.63) is 51.7 Å². The van der Waals surface area contributed by atoms with Gasteiger partial charge in [-0.1, -0.05) is 23.8 Å². The van der Waals surface area contributed by atoms with Crippen LogP contribution in [0.15, 0.2) is 40.7 Å². The molecule has 23 heavy (non-hydrogen) atoms. The summed E-state index contributed by atoms with van der Waals surface area (Å²) < 4.78 is 8.42. The molecule has 1 aromatic heterocycles. The fourth-order valence-corrected chi connectivity index (χ4v) is 4.37. The van der Waals surface area contributed by atoms with E-state index in [2.05, 4.69) is 26.8 Å². The first-order valence-electron chi connectivity index (χ1n) is 8.38. The van der Waals surface area contributed by atoms with Crippen molar-refractivity contribution in [2.24, 2.45) is 13.0 Å². The smallest absolute Gasteiger partial charge is 0.202 e. The second-order valence-corrected chi connectivity index (χ2v) is 7.51. The van der Waals surface area contributed by atoms with E-state index in [0.29, 0.717) is 5.92 Å². The molecule has 1 aromatic carbocycles. The number of hydrogen-bond acceptors (Lipinski definition) is 2. The van der Waals surface area contributed by atoms with Crippen LogP contribution in [0.1, 0.15) is 45.1 Å². The van der Waals surface area contributed by atoms with Crippen molar-refractivity contribution in [1.82, 2.24) is 4.57 Å². The highest BCUT2D eigenvalue weighted by Crippen LogP contribution is 2.49. The van der Waals surface area contributed by atoms with E-state index in [-0.39, 0.29) is 16.9 Å². The van der Waals surface area contributed by atoms with Crippen LogP contribution in [0.2, 0.25) is 0 Å². The maximum absolute atomic E-state index is 13.2. The molecular weight excluding hydrogens is 286 g/mol. The van der Waals surface area contributed by atoms with E-state index in [1.807, 2.05) is 35.9 Å². The molecule has 0 radical (unpaired) electrons. The summed E-state index contributed by atoms with van der Waals surface area (Å²) in [6.45, 7) is 6.48. The Hall–Kier alpha value is -2.03. The summed E-state index contributed by atoms with van der Waals surface area (Å²) in [6, 6.07) is 7.81. The van der Waals surface area contributed by atoms with Crippen LogP contribution in [0.5, 0.6) is 5.88 Å². The maximum Gasteiger partial charge on any atom is 0.202 e. The molecule has 3 heteroatoms. The highest BCUT2D eigenvalue weighted by Gasteiger charge is 2.46. The molecule has 0 bridgehead atoms. The fourth-order valence-electron chi connectivity index (χ4n) is 4.37. The molecule has 2 unspecified atom stereocenters. The lowest BCUT2D eigenvalue weighted by Gasteiger charge is -2.46. The first kappa shape index (κ1) is 14.6. The van der Waals surface area contributed by atoms with Gasteiger partial charge in [0.1, 0.15) is 5.60 Å². The van der Waals surface area contributed by atoms with Crippen molar-refractivity contribution >= 4 is 10.9 Å². The molecule has 3 nitrogen and oxygen atoms in total. The van der Waals surface area contributed by atoms with Gasteiger partial charge in [0, 0.05) is 24.3 Å². The standard InChI is InChI=1S/C20H23NO2/c1-12-9-10-15-14(11-12)17-18(22)13-7-5-6-8-16(13)21(4)19(17)23-20(15,2)3/h5-8,11,14-15H,9-10H2,1-4H3. The summed E-state index contributed by atoms with van der Waals surface area (Å²) in [4.78, 5) is 13.2. The summed E-state index contributed by atoms with van der Waals surface area (Å²) in [5.74, 6) is 1.25. The number of benzene rings is 1. The van der Waals surface area contributed by atoms with Crippen molar-refractivity contribution in [2.75, 3.05) is 0 Å². The molecule has 0 saturated heterocycles. The average Bonchev–Trinajstić information content (AvgIpc) is 2.51. The van der Waals surface area contributed by atoms with E-state index in [1.54, 1.807) is 0 Å². The molecule has 1 aliphatic carbocycles. The minimum absolute atomic E-state index is 0.130. The molecular formula is C20H23NO2. The Morgan fingerprint density at radius 2 is 2.00 bits per heavy atom. The van der Waals surface area contributed by atoms with Crippen LogP contribution < -0.4 is 10.2 Å². The normalized spacial score (nSPS) is 25.3. The molecule has 2 heterocycles. The van der Waals surface area contributed by atoms with Gasteiger partial charge >= 0.3 is 0 Å². The maximum atomic E-state index is 13.2. The second-order valence-electron chi connectivity index (χ2n) is 7.51. The van der Waals surface area contributed by atoms with Gasteiger partial charge < -0.3 is 9.30 Å². The van der Waals surface area contributed by atoms with E-state index in [0.717, 1.165) is 35.2 Å². The molecule has 0 fully saturated rings. The number of pyridine rings is 1. The third kappa shape index (κ3) is 1.99. The number of nitrogens with zero attached hydrogens (tertiary/aromatic N) is 1. The quantitative estimate of drug-likeness (QED) is 0.685. The van der Waals surface area contributed by atoms with Crippen LogP contribution >= 0.6 is 0 Å². The molecule has 4 rings (SSSR count). The number of aromatic nitrogens is 1. The highest BCUT2D eigenvalue weighted by atomic mass is 16.5. The Labute approximate surface area is 136 Å². The second kappa shape index (κ2) is 4.73. The van der Waals surface area contributed by atoms with Crippen molar-refractivity contribution in [2.45, 2.75) is 45.1 Å². The molecule has 2 atom stereocenters. The largest absolute Gasteiger partial charge is 0.472 e. The summed E-state index contributed by atoms with van der Waals surface area (Å²) in [7, 11) is 2.00. The van der Waals surface area contributed by atoms with Crippen LogP contribution in [-0.4, -0.2) is 10.2 Å². The van der Waals surface area contributed by atoms with Gasteiger partial charge in [0.05, 0.1) is 11.1 Å². The minimum atomic E-state index is -0.262. The Morgan fingerprint density at radius 3 is 2.78 bits per heavy atom. The molecule has 120 valence electrons. The van der Waals surface area contributed by atoms with Crippen molar-refractivity contribution in [1.29, 1.82) is 0 Å². The minimum Gasteiger partial charge on any atom is -0.472 e. The Morgan fingerprint density at radius 1 is 1.26 bits per heavy atom. The zero-order valence-electron chi connectivity index (χ0n) is 14.2. The van der Waals surface area contributed by atoms with Crippen molar-refractivity contribution < 1.29 is 4.74 Å². The third-order valence-electron chi connectivity index (χ3n) is 5.62. The molecule has 0 amide bonds. The Bertz CT molecular complexity index is 888. The molecule has 2 aromatic rings. The SMILES string of the molecule is CC1=CC2c3c(n(C)c4ccccc4c3=O)OC(C)(C)C2CC1. The van der Waals surface area contributed by atoms with Gasteiger partial charge in [-0.2, -0.15) is 0 Å². The molecule has 1 aliphatic heterocycles. The zero-order chi connectivity index (χ0) is 16.4. The van der Waals surface area contributed by atoms with Crippen LogP contribution in [0.4, 0.5) is 0 Å². The van der Waals surface area contributed by atoms with Gasteiger partial charge in [0.25, 0.3) is 0 Å².